The maximum atomic E-state index is 12.6. The summed E-state index contributed by atoms with van der Waals surface area (Å²) in [7, 11) is 3.99. The van der Waals surface area contributed by atoms with Gasteiger partial charge in [-0.15, -0.1) is 0 Å². The molecule has 5 nitrogen and oxygen atoms in total. The maximum Gasteiger partial charge on any atom is 0.228 e. The summed E-state index contributed by atoms with van der Waals surface area (Å²) in [6.07, 6.45) is 6.13. The molecule has 3 rings (SSSR count). The first-order chi connectivity index (χ1) is 11.6. The fourth-order valence-corrected chi connectivity index (χ4v) is 3.18. The lowest BCUT2D eigenvalue weighted by Crippen LogP contribution is -2.40. The molecule has 0 spiro atoms. The summed E-state index contributed by atoms with van der Waals surface area (Å²) in [5.74, 6) is 1.51. The van der Waals surface area contributed by atoms with E-state index in [2.05, 4.69) is 22.1 Å². The molecule has 0 bridgehead atoms. The quantitative estimate of drug-likeness (QED) is 0.867. The summed E-state index contributed by atoms with van der Waals surface area (Å²) < 4.78 is 0. The van der Waals surface area contributed by atoms with Gasteiger partial charge in [-0.2, -0.15) is 0 Å². The van der Waals surface area contributed by atoms with Crippen molar-refractivity contribution in [2.24, 2.45) is 0 Å². The van der Waals surface area contributed by atoms with Gasteiger partial charge in [0, 0.05) is 51.2 Å². The van der Waals surface area contributed by atoms with Gasteiger partial charge in [-0.25, -0.2) is 4.98 Å². The average molecular weight is 324 g/mol. The zero-order valence-corrected chi connectivity index (χ0v) is 14.4. The molecule has 126 valence electrons. The molecule has 24 heavy (non-hydrogen) atoms. The molecular formula is C19H24N4O. The van der Waals surface area contributed by atoms with Crippen LogP contribution in [-0.2, 0) is 11.2 Å². The second-order valence-electron chi connectivity index (χ2n) is 6.52. The Kier molecular flexibility index (Phi) is 5.08. The molecule has 1 fully saturated rings. The van der Waals surface area contributed by atoms with Crippen molar-refractivity contribution < 1.29 is 4.79 Å². The summed E-state index contributed by atoms with van der Waals surface area (Å²) in [6, 6.07) is 9.92. The summed E-state index contributed by atoms with van der Waals surface area (Å²) in [4.78, 5) is 25.2. The van der Waals surface area contributed by atoms with E-state index < -0.39 is 0 Å². The van der Waals surface area contributed by atoms with Gasteiger partial charge < -0.3 is 9.80 Å². The maximum absolute atomic E-state index is 12.6. The fraction of sp³-hybridized carbons (Fsp3) is 0.421. The molecule has 1 saturated heterocycles. The Hall–Kier alpha value is -2.43. The summed E-state index contributed by atoms with van der Waals surface area (Å²) in [6.45, 7) is 1.62. The van der Waals surface area contributed by atoms with E-state index in [0.717, 1.165) is 37.4 Å². The van der Waals surface area contributed by atoms with Gasteiger partial charge in [0.05, 0.1) is 6.42 Å². The Bertz CT molecular complexity index is 687. The Balaban J connectivity index is 1.68. The van der Waals surface area contributed by atoms with Crippen molar-refractivity contribution in [3.8, 4) is 0 Å². The second-order valence-corrected chi connectivity index (χ2v) is 6.52. The van der Waals surface area contributed by atoms with Gasteiger partial charge in [-0.3, -0.25) is 9.78 Å². The number of aromatic nitrogens is 2. The number of anilines is 1. The smallest absolute Gasteiger partial charge is 0.228 e. The fourth-order valence-electron chi connectivity index (χ4n) is 3.18. The van der Waals surface area contributed by atoms with E-state index in [1.165, 1.54) is 5.56 Å². The molecule has 2 aromatic rings. The first kappa shape index (κ1) is 16.4. The molecule has 0 aromatic carbocycles. The Morgan fingerprint density at radius 3 is 2.88 bits per heavy atom. The van der Waals surface area contributed by atoms with E-state index >= 15 is 0 Å². The highest BCUT2D eigenvalue weighted by Crippen LogP contribution is 2.28. The number of amides is 1. The number of nitrogens with zero attached hydrogens (tertiary/aromatic N) is 4. The van der Waals surface area contributed by atoms with Crippen LogP contribution in [0.3, 0.4) is 0 Å². The van der Waals surface area contributed by atoms with Crippen LogP contribution in [0.5, 0.6) is 0 Å². The van der Waals surface area contributed by atoms with Gasteiger partial charge in [0.15, 0.2) is 0 Å². The van der Waals surface area contributed by atoms with Gasteiger partial charge in [-0.05, 0) is 42.7 Å². The van der Waals surface area contributed by atoms with Gasteiger partial charge in [0.2, 0.25) is 5.91 Å². The normalized spacial score (nSPS) is 17.6. The molecule has 1 aliphatic rings. The highest BCUT2D eigenvalue weighted by atomic mass is 16.2. The third kappa shape index (κ3) is 3.91. The van der Waals surface area contributed by atoms with Crippen molar-refractivity contribution in [3.05, 3.63) is 54.0 Å². The van der Waals surface area contributed by atoms with Crippen LogP contribution in [0, 0.1) is 0 Å². The van der Waals surface area contributed by atoms with Crippen molar-refractivity contribution in [1.29, 1.82) is 0 Å². The molecular weight excluding hydrogens is 300 g/mol. The molecule has 5 heteroatoms. The molecule has 2 aromatic heterocycles. The molecule has 1 amide bonds. The lowest BCUT2D eigenvalue weighted by molar-refractivity contribution is -0.131. The largest absolute Gasteiger partial charge is 0.363 e. The zero-order chi connectivity index (χ0) is 16.9. The molecule has 0 saturated carbocycles. The van der Waals surface area contributed by atoms with Crippen LogP contribution in [0.1, 0.15) is 30.0 Å². The molecule has 1 aliphatic heterocycles. The molecule has 0 N–H and O–H groups in total. The number of rotatable bonds is 4. The third-order valence-electron chi connectivity index (χ3n) is 4.53. The Morgan fingerprint density at radius 2 is 2.12 bits per heavy atom. The van der Waals surface area contributed by atoms with Crippen LogP contribution < -0.4 is 4.90 Å². The van der Waals surface area contributed by atoms with Crippen LogP contribution in [0.2, 0.25) is 0 Å². The van der Waals surface area contributed by atoms with E-state index in [9.17, 15) is 4.79 Å². The standard InChI is InChI=1S/C19H24N4O/c1-22(2)18-12-15(8-10-21-18)16-6-5-11-23(14-16)19(24)13-17-7-3-4-9-20-17/h3-4,7-10,12,16H,5-6,11,13-14H2,1-2H3/t16-/m1/s1. The number of hydrogen-bond donors (Lipinski definition) is 0. The minimum absolute atomic E-state index is 0.167. The van der Waals surface area contributed by atoms with Crippen molar-refractivity contribution in [1.82, 2.24) is 14.9 Å². The Labute approximate surface area is 143 Å². The Morgan fingerprint density at radius 1 is 1.25 bits per heavy atom. The molecule has 1 atom stereocenters. The number of likely N-dealkylation sites (tertiary alicyclic amines) is 1. The van der Waals surface area contributed by atoms with Crippen molar-refractivity contribution in [3.63, 3.8) is 0 Å². The molecule has 0 unspecified atom stereocenters. The number of carbonyl (C=O) groups excluding carboxylic acids is 1. The van der Waals surface area contributed by atoms with E-state index in [0.29, 0.717) is 12.3 Å². The number of piperidine rings is 1. The van der Waals surface area contributed by atoms with Crippen LogP contribution in [0.25, 0.3) is 0 Å². The number of carbonyl (C=O) groups is 1. The predicted octanol–water partition coefficient (Wildman–Crippen LogP) is 2.49. The minimum Gasteiger partial charge on any atom is -0.363 e. The predicted molar refractivity (Wildman–Crippen MR) is 95.1 cm³/mol. The monoisotopic (exact) mass is 324 g/mol. The van der Waals surface area contributed by atoms with Crippen LogP contribution in [-0.4, -0.2) is 48.0 Å². The van der Waals surface area contributed by atoms with Crippen molar-refractivity contribution >= 4 is 11.7 Å². The van der Waals surface area contributed by atoms with Crippen LogP contribution in [0.15, 0.2) is 42.7 Å². The van der Waals surface area contributed by atoms with E-state index in [-0.39, 0.29) is 5.91 Å². The summed E-state index contributed by atoms with van der Waals surface area (Å²) in [5, 5.41) is 0. The average Bonchev–Trinajstić information content (AvgIpc) is 2.63. The van der Waals surface area contributed by atoms with Gasteiger partial charge >= 0.3 is 0 Å². The lowest BCUT2D eigenvalue weighted by atomic mass is 9.91. The van der Waals surface area contributed by atoms with Gasteiger partial charge in [0.25, 0.3) is 0 Å². The van der Waals surface area contributed by atoms with Crippen molar-refractivity contribution in [2.75, 3.05) is 32.1 Å². The second kappa shape index (κ2) is 7.43. The summed E-state index contributed by atoms with van der Waals surface area (Å²) >= 11 is 0. The van der Waals surface area contributed by atoms with Gasteiger partial charge in [-0.1, -0.05) is 6.07 Å². The van der Waals surface area contributed by atoms with Gasteiger partial charge in [0.1, 0.15) is 5.82 Å². The van der Waals surface area contributed by atoms with E-state index in [1.807, 2.05) is 48.3 Å². The number of hydrogen-bond acceptors (Lipinski definition) is 4. The minimum atomic E-state index is 0.167. The number of pyridine rings is 2. The van der Waals surface area contributed by atoms with Crippen LogP contribution >= 0.6 is 0 Å². The zero-order valence-electron chi connectivity index (χ0n) is 14.4. The van der Waals surface area contributed by atoms with E-state index in [4.69, 9.17) is 0 Å². The first-order valence-corrected chi connectivity index (χ1v) is 8.44. The van der Waals surface area contributed by atoms with Crippen molar-refractivity contribution in [2.45, 2.75) is 25.2 Å². The first-order valence-electron chi connectivity index (χ1n) is 8.44. The SMILES string of the molecule is CN(C)c1cc([C@@H]2CCCN(C(=O)Cc3ccccn3)C2)ccn1. The molecule has 0 aliphatic carbocycles. The third-order valence-corrected chi connectivity index (χ3v) is 4.53. The van der Waals surface area contributed by atoms with Crippen LogP contribution in [0.4, 0.5) is 5.82 Å². The lowest BCUT2D eigenvalue weighted by Gasteiger charge is -2.33. The molecule has 0 radical (unpaired) electrons. The van der Waals surface area contributed by atoms with E-state index in [1.54, 1.807) is 6.20 Å². The summed E-state index contributed by atoms with van der Waals surface area (Å²) in [5.41, 5.74) is 2.10. The highest BCUT2D eigenvalue weighted by molar-refractivity contribution is 5.78. The highest BCUT2D eigenvalue weighted by Gasteiger charge is 2.25. The topological polar surface area (TPSA) is 49.3 Å². The molecule has 3 heterocycles.